The minimum absolute atomic E-state index is 0.0507. The Labute approximate surface area is 399 Å². The predicted octanol–water partition coefficient (Wildman–Crippen LogP) is 6.64. The maximum Gasteiger partial charge on any atom is 0.410 e. The Kier molecular flexibility index (Phi) is 21.2. The molecule has 1 heterocycles. The van der Waals surface area contributed by atoms with Gasteiger partial charge < -0.3 is 40.9 Å². The number of likely N-dealkylation sites (tertiary alicyclic amines) is 1. The third-order valence-electron chi connectivity index (χ3n) is 14.4. The summed E-state index contributed by atoms with van der Waals surface area (Å²) in [4.78, 5) is 83.2. The predicted molar refractivity (Wildman–Crippen MR) is 261 cm³/mol. The van der Waals surface area contributed by atoms with Gasteiger partial charge >= 0.3 is 6.09 Å². The first-order valence-corrected chi connectivity index (χ1v) is 24.4. The lowest BCUT2D eigenvalue weighted by molar-refractivity contribution is -0.141. The quantitative estimate of drug-likeness (QED) is 0.0645. The standard InChI is InChI=1S/C52H79N7O8/c1-11-34(5)49(57(9)47(63)30-54-51(65)48(33(3)4)58(10)52(66)67-31-38-23-25-41(26-24-38)56-45(61)29-53-32-60)43(39-20-16-21-39)28-46(62)59-27-17-22-44(59)42(12-2)35(6)36(7)55-37(8)50(64)40-18-14-13-15-19-40/h13-15,18-19,23-26,32-35,37,39,42-44,48-50,55,64H,7,11-12,16-17,20-22,27-31H2,1-6,8-10H3,(H,53,60)(H,54,65)(H,56,61). The number of rotatable bonds is 26. The van der Waals surface area contributed by atoms with E-state index in [1.807, 2.05) is 51.1 Å². The van der Waals surface area contributed by atoms with Crippen molar-refractivity contribution in [2.45, 2.75) is 137 Å². The van der Waals surface area contributed by atoms with Crippen molar-refractivity contribution in [1.82, 2.24) is 30.7 Å². The zero-order valence-corrected chi connectivity index (χ0v) is 41.5. The van der Waals surface area contributed by atoms with Crippen LogP contribution in [0.25, 0.3) is 0 Å². The van der Waals surface area contributed by atoms with Crippen molar-refractivity contribution in [1.29, 1.82) is 0 Å². The van der Waals surface area contributed by atoms with E-state index in [0.717, 1.165) is 56.2 Å². The lowest BCUT2D eigenvalue weighted by atomic mass is 9.68. The van der Waals surface area contributed by atoms with Gasteiger partial charge in [-0.05, 0) is 78.5 Å². The molecule has 15 nitrogen and oxygen atoms in total. The van der Waals surface area contributed by atoms with Gasteiger partial charge in [0.05, 0.1) is 25.2 Å². The number of likely N-dealkylation sites (N-methyl/N-ethyl adjacent to an activating group) is 2. The highest BCUT2D eigenvalue weighted by molar-refractivity contribution is 5.93. The molecule has 1 aliphatic carbocycles. The Morgan fingerprint density at radius 2 is 1.55 bits per heavy atom. The van der Waals surface area contributed by atoms with Gasteiger partial charge in [0, 0.05) is 50.5 Å². The molecule has 0 spiro atoms. The second-order valence-corrected chi connectivity index (χ2v) is 19.2. The third-order valence-corrected chi connectivity index (χ3v) is 14.4. The van der Waals surface area contributed by atoms with Crippen LogP contribution in [-0.4, -0.2) is 114 Å². The molecule has 0 aromatic heterocycles. The molecule has 6 amide bonds. The summed E-state index contributed by atoms with van der Waals surface area (Å²) >= 11 is 0. The molecule has 1 saturated carbocycles. The van der Waals surface area contributed by atoms with Crippen molar-refractivity contribution in [3.63, 3.8) is 0 Å². The molecule has 4 rings (SSSR count). The number of aliphatic hydroxyl groups is 1. The first-order valence-electron chi connectivity index (χ1n) is 24.4. The van der Waals surface area contributed by atoms with E-state index in [1.54, 1.807) is 36.2 Å². The van der Waals surface area contributed by atoms with E-state index >= 15 is 0 Å². The highest BCUT2D eigenvalue weighted by Gasteiger charge is 2.44. The van der Waals surface area contributed by atoms with Gasteiger partial charge in [0.15, 0.2) is 0 Å². The van der Waals surface area contributed by atoms with Crippen LogP contribution in [0.3, 0.4) is 0 Å². The number of carbonyl (C=O) groups is 6. The molecule has 370 valence electrons. The summed E-state index contributed by atoms with van der Waals surface area (Å²) in [7, 11) is 3.28. The normalized spacial score (nSPS) is 18.4. The largest absolute Gasteiger partial charge is 0.445 e. The number of carbonyl (C=O) groups excluding carboxylic acids is 6. The van der Waals surface area contributed by atoms with Crippen LogP contribution in [0.4, 0.5) is 10.5 Å². The Morgan fingerprint density at radius 3 is 2.13 bits per heavy atom. The van der Waals surface area contributed by atoms with Crippen molar-refractivity contribution >= 4 is 41.8 Å². The molecule has 1 saturated heterocycles. The van der Waals surface area contributed by atoms with Crippen molar-refractivity contribution in [2.75, 3.05) is 39.0 Å². The number of anilines is 1. The molecular formula is C52H79N7O8. The van der Waals surface area contributed by atoms with Gasteiger partial charge in [-0.3, -0.25) is 28.9 Å². The molecule has 15 heteroatoms. The van der Waals surface area contributed by atoms with Gasteiger partial charge in [-0.2, -0.15) is 0 Å². The molecule has 1 aliphatic heterocycles. The van der Waals surface area contributed by atoms with Crippen molar-refractivity contribution < 1.29 is 38.6 Å². The highest BCUT2D eigenvalue weighted by Crippen LogP contribution is 2.42. The van der Waals surface area contributed by atoms with E-state index in [4.69, 9.17) is 4.74 Å². The number of benzene rings is 2. The fourth-order valence-corrected chi connectivity index (χ4v) is 10.2. The van der Waals surface area contributed by atoms with Crippen LogP contribution in [0.1, 0.15) is 117 Å². The molecular weight excluding hydrogens is 851 g/mol. The Balaban J connectivity index is 1.39. The Morgan fingerprint density at radius 1 is 0.881 bits per heavy atom. The SMILES string of the molecule is C=C(NC(C)C(O)c1ccccc1)C(C)C(CC)C1CCCN1C(=O)CC(C1CCC1)C(C(C)CC)N(C)C(=O)CNC(=O)C(C(C)C)N(C)C(=O)OCc1ccc(NC(=O)CNC=O)cc1. The number of amides is 6. The van der Waals surface area contributed by atoms with E-state index < -0.39 is 24.1 Å². The molecule has 9 unspecified atom stereocenters. The monoisotopic (exact) mass is 930 g/mol. The van der Waals surface area contributed by atoms with E-state index in [-0.39, 0.29) is 85.1 Å². The number of hydrogen-bond donors (Lipinski definition) is 5. The first-order chi connectivity index (χ1) is 31.9. The van der Waals surface area contributed by atoms with Gasteiger partial charge in [-0.1, -0.05) is 123 Å². The van der Waals surface area contributed by atoms with Gasteiger partial charge in [-0.25, -0.2) is 4.79 Å². The first kappa shape index (κ1) is 54.2. The number of nitrogens with zero attached hydrogens (tertiary/aromatic N) is 3. The average Bonchev–Trinajstić information content (AvgIpc) is 3.78. The molecule has 2 fully saturated rings. The Hall–Kier alpha value is -5.44. The second-order valence-electron chi connectivity index (χ2n) is 19.2. The molecule has 0 bridgehead atoms. The van der Waals surface area contributed by atoms with Crippen molar-refractivity contribution in [3.05, 3.63) is 78.0 Å². The van der Waals surface area contributed by atoms with Crippen LogP contribution in [0.15, 0.2) is 66.9 Å². The maximum absolute atomic E-state index is 14.7. The minimum Gasteiger partial charge on any atom is -0.445 e. The summed E-state index contributed by atoms with van der Waals surface area (Å²) in [5.74, 6) is -0.755. The molecule has 2 aromatic carbocycles. The topological polar surface area (TPSA) is 190 Å². The third kappa shape index (κ3) is 14.8. The molecule has 0 radical (unpaired) electrons. The molecule has 67 heavy (non-hydrogen) atoms. The van der Waals surface area contributed by atoms with Crippen LogP contribution in [0.5, 0.6) is 0 Å². The van der Waals surface area contributed by atoms with Gasteiger partial charge in [0.1, 0.15) is 12.6 Å². The van der Waals surface area contributed by atoms with Gasteiger partial charge in [-0.15, -0.1) is 0 Å². The summed E-state index contributed by atoms with van der Waals surface area (Å²) in [6.07, 6.45) is 5.98. The average molecular weight is 930 g/mol. The van der Waals surface area contributed by atoms with Crippen LogP contribution < -0.4 is 21.3 Å². The van der Waals surface area contributed by atoms with Crippen LogP contribution in [0.2, 0.25) is 0 Å². The fourth-order valence-electron chi connectivity index (χ4n) is 10.2. The second kappa shape index (κ2) is 26.2. The lowest BCUT2D eigenvalue weighted by Gasteiger charge is -2.45. The molecule has 2 aromatic rings. The minimum atomic E-state index is -0.922. The number of ether oxygens (including phenoxy) is 1. The zero-order valence-electron chi connectivity index (χ0n) is 41.5. The number of allylic oxidation sites excluding steroid dienone is 1. The smallest absolute Gasteiger partial charge is 0.410 e. The molecule has 9 atom stereocenters. The summed E-state index contributed by atoms with van der Waals surface area (Å²) in [5.41, 5.74) is 2.86. The van der Waals surface area contributed by atoms with Gasteiger partial charge in [0.2, 0.25) is 30.0 Å². The number of hydrogen-bond acceptors (Lipinski definition) is 9. The maximum atomic E-state index is 14.7. The van der Waals surface area contributed by atoms with Crippen LogP contribution >= 0.6 is 0 Å². The zero-order chi connectivity index (χ0) is 49.4. The van der Waals surface area contributed by atoms with E-state index in [1.165, 1.54) is 11.9 Å². The van der Waals surface area contributed by atoms with Crippen molar-refractivity contribution in [2.24, 2.45) is 35.5 Å². The summed E-state index contributed by atoms with van der Waals surface area (Å²) in [5, 5.41) is 22.3. The molecule has 5 N–H and O–H groups in total. The molecule has 2 aliphatic rings. The summed E-state index contributed by atoms with van der Waals surface area (Å²) < 4.78 is 5.55. The summed E-state index contributed by atoms with van der Waals surface area (Å²) in [6, 6.07) is 14.9. The van der Waals surface area contributed by atoms with Crippen molar-refractivity contribution in [3.8, 4) is 0 Å². The number of aliphatic hydroxyl groups excluding tert-OH is 1. The fraction of sp³-hybridized carbons (Fsp3) is 0.615. The lowest BCUT2D eigenvalue weighted by Crippen LogP contribution is -2.55. The van der Waals surface area contributed by atoms with Crippen LogP contribution in [-0.2, 0) is 35.3 Å². The van der Waals surface area contributed by atoms with Crippen LogP contribution in [0, 0.1) is 35.5 Å². The Bertz CT molecular complexity index is 1940. The summed E-state index contributed by atoms with van der Waals surface area (Å²) in [6.45, 7) is 18.8. The highest BCUT2D eigenvalue weighted by atomic mass is 16.6. The van der Waals surface area contributed by atoms with E-state index in [2.05, 4.69) is 60.4 Å². The van der Waals surface area contributed by atoms with E-state index in [9.17, 15) is 33.9 Å². The number of nitrogens with one attached hydrogen (secondary N) is 4. The van der Waals surface area contributed by atoms with E-state index in [0.29, 0.717) is 36.5 Å². The van der Waals surface area contributed by atoms with Gasteiger partial charge in [0.25, 0.3) is 0 Å².